The van der Waals surface area contributed by atoms with Crippen LogP contribution in [0.15, 0.2) is 6.07 Å². The van der Waals surface area contributed by atoms with Gasteiger partial charge in [-0.25, -0.2) is 0 Å². The summed E-state index contributed by atoms with van der Waals surface area (Å²) in [5.74, 6) is -0.0440. The number of hydrogen-bond donors (Lipinski definition) is 4. The van der Waals surface area contributed by atoms with Gasteiger partial charge in [0, 0.05) is 50.9 Å². The van der Waals surface area contributed by atoms with E-state index in [1.807, 2.05) is 0 Å². The molecule has 0 aliphatic carbocycles. The molecule has 1 aliphatic heterocycles. The van der Waals surface area contributed by atoms with Crippen LogP contribution in [-0.2, 0) is 6.54 Å². The van der Waals surface area contributed by atoms with Crippen LogP contribution in [0.4, 0.5) is 0 Å². The molecule has 1 fully saturated rings. The summed E-state index contributed by atoms with van der Waals surface area (Å²) in [6.07, 6.45) is 0. The first-order valence-corrected chi connectivity index (χ1v) is 6.09. The standard InChI is InChI=1S/C11H19N5O2/c12-4-9-3-10(15-14-9)11(18)16-2-1-13-5-8(6-16)7-17/h3,8,13,17H,1-2,4-7,12H2,(H,14,15). The van der Waals surface area contributed by atoms with E-state index in [1.54, 1.807) is 11.0 Å². The van der Waals surface area contributed by atoms with Gasteiger partial charge in [0.25, 0.3) is 5.91 Å². The molecule has 1 unspecified atom stereocenters. The summed E-state index contributed by atoms with van der Waals surface area (Å²) in [4.78, 5) is 14.0. The molecule has 0 spiro atoms. The summed E-state index contributed by atoms with van der Waals surface area (Å²) in [7, 11) is 0. The second-order valence-electron chi connectivity index (χ2n) is 4.49. The van der Waals surface area contributed by atoms with E-state index in [-0.39, 0.29) is 18.4 Å². The number of carbonyl (C=O) groups is 1. The lowest BCUT2D eigenvalue weighted by Crippen LogP contribution is -2.37. The van der Waals surface area contributed by atoms with Crippen molar-refractivity contribution in [3.8, 4) is 0 Å². The van der Waals surface area contributed by atoms with Gasteiger partial charge < -0.3 is 21.1 Å². The molecule has 0 bridgehead atoms. The third kappa shape index (κ3) is 2.87. The highest BCUT2D eigenvalue weighted by molar-refractivity contribution is 5.92. The predicted octanol–water partition coefficient (Wildman–Crippen LogP) is -1.48. The Hall–Kier alpha value is -1.44. The van der Waals surface area contributed by atoms with Crippen LogP contribution in [0, 0.1) is 5.92 Å². The fourth-order valence-electron chi connectivity index (χ4n) is 2.03. The van der Waals surface area contributed by atoms with Gasteiger partial charge in [-0.05, 0) is 6.07 Å². The van der Waals surface area contributed by atoms with Crippen LogP contribution in [0.5, 0.6) is 0 Å². The lowest BCUT2D eigenvalue weighted by atomic mass is 10.1. The number of H-pyrrole nitrogens is 1. The average molecular weight is 253 g/mol. The highest BCUT2D eigenvalue weighted by Crippen LogP contribution is 2.08. The summed E-state index contributed by atoms with van der Waals surface area (Å²) < 4.78 is 0. The van der Waals surface area contributed by atoms with Crippen molar-refractivity contribution >= 4 is 5.91 Å². The van der Waals surface area contributed by atoms with Gasteiger partial charge in [0.2, 0.25) is 0 Å². The molecule has 1 saturated heterocycles. The largest absolute Gasteiger partial charge is 0.396 e. The molecule has 1 aromatic heterocycles. The zero-order chi connectivity index (χ0) is 13.0. The molecular weight excluding hydrogens is 234 g/mol. The molecule has 5 N–H and O–H groups in total. The first-order valence-electron chi connectivity index (χ1n) is 6.09. The molecule has 0 aromatic carbocycles. The normalized spacial score (nSPS) is 20.8. The molecule has 1 atom stereocenters. The van der Waals surface area contributed by atoms with Gasteiger partial charge in [0.05, 0.1) is 0 Å². The number of carbonyl (C=O) groups excluding carboxylic acids is 1. The third-order valence-corrected chi connectivity index (χ3v) is 3.09. The van der Waals surface area contributed by atoms with Crippen molar-refractivity contribution in [2.45, 2.75) is 6.54 Å². The molecule has 100 valence electrons. The molecule has 7 heteroatoms. The van der Waals surface area contributed by atoms with Crippen LogP contribution in [0.25, 0.3) is 0 Å². The number of rotatable bonds is 3. The lowest BCUT2D eigenvalue weighted by molar-refractivity contribution is 0.0722. The maximum atomic E-state index is 12.2. The molecule has 7 nitrogen and oxygen atoms in total. The summed E-state index contributed by atoms with van der Waals surface area (Å²) in [6, 6.07) is 1.68. The molecule has 2 rings (SSSR count). The second kappa shape index (κ2) is 5.94. The first-order chi connectivity index (χ1) is 8.74. The molecule has 0 radical (unpaired) electrons. The van der Waals surface area contributed by atoms with Crippen LogP contribution in [0.1, 0.15) is 16.2 Å². The number of amides is 1. The van der Waals surface area contributed by atoms with Crippen molar-refractivity contribution in [1.29, 1.82) is 0 Å². The van der Waals surface area contributed by atoms with Crippen molar-refractivity contribution in [2.75, 3.05) is 32.8 Å². The molecule has 1 amide bonds. The van der Waals surface area contributed by atoms with E-state index in [2.05, 4.69) is 15.5 Å². The lowest BCUT2D eigenvalue weighted by Gasteiger charge is -2.22. The van der Waals surface area contributed by atoms with Crippen molar-refractivity contribution in [1.82, 2.24) is 20.4 Å². The van der Waals surface area contributed by atoms with Crippen molar-refractivity contribution in [3.05, 3.63) is 17.5 Å². The zero-order valence-corrected chi connectivity index (χ0v) is 10.2. The number of nitrogens with one attached hydrogen (secondary N) is 2. The second-order valence-corrected chi connectivity index (χ2v) is 4.49. The van der Waals surface area contributed by atoms with Gasteiger partial charge in [0.1, 0.15) is 5.69 Å². The summed E-state index contributed by atoms with van der Waals surface area (Å²) >= 11 is 0. The zero-order valence-electron chi connectivity index (χ0n) is 10.2. The van der Waals surface area contributed by atoms with Gasteiger partial charge in [0.15, 0.2) is 0 Å². The number of aliphatic hydroxyl groups is 1. The van der Waals surface area contributed by atoms with E-state index >= 15 is 0 Å². The van der Waals surface area contributed by atoms with E-state index in [4.69, 9.17) is 5.73 Å². The Labute approximate surface area is 105 Å². The Balaban J connectivity index is 2.06. The van der Waals surface area contributed by atoms with Crippen LogP contribution in [0.3, 0.4) is 0 Å². The Kier molecular flexibility index (Phi) is 4.29. The summed E-state index contributed by atoms with van der Waals surface area (Å²) in [5.41, 5.74) is 6.60. The molecule has 1 aliphatic rings. The average Bonchev–Trinajstić information content (AvgIpc) is 2.75. The minimum absolute atomic E-state index is 0.0735. The van der Waals surface area contributed by atoms with Crippen molar-refractivity contribution in [3.63, 3.8) is 0 Å². The maximum absolute atomic E-state index is 12.2. The number of aliphatic hydroxyl groups excluding tert-OH is 1. The number of nitrogens with two attached hydrogens (primary N) is 1. The fraction of sp³-hybridized carbons (Fsp3) is 0.636. The molecule has 0 saturated carbocycles. The van der Waals surface area contributed by atoms with E-state index in [0.717, 1.165) is 18.8 Å². The van der Waals surface area contributed by atoms with Gasteiger partial charge in [-0.3, -0.25) is 9.89 Å². The molecular formula is C11H19N5O2. The number of aromatic amines is 1. The number of hydrogen-bond acceptors (Lipinski definition) is 5. The molecule has 18 heavy (non-hydrogen) atoms. The van der Waals surface area contributed by atoms with Crippen LogP contribution < -0.4 is 11.1 Å². The Morgan fingerprint density at radius 1 is 1.67 bits per heavy atom. The smallest absolute Gasteiger partial charge is 0.274 e. The Morgan fingerprint density at radius 2 is 2.50 bits per heavy atom. The van der Waals surface area contributed by atoms with Crippen LogP contribution >= 0.6 is 0 Å². The summed E-state index contributed by atoms with van der Waals surface area (Å²) in [6.45, 7) is 3.05. The van der Waals surface area contributed by atoms with Crippen molar-refractivity contribution in [2.24, 2.45) is 11.7 Å². The topological polar surface area (TPSA) is 107 Å². The highest BCUT2D eigenvalue weighted by atomic mass is 16.3. The first kappa shape index (κ1) is 13.0. The van der Waals surface area contributed by atoms with Gasteiger partial charge in [-0.2, -0.15) is 5.10 Å². The monoisotopic (exact) mass is 253 g/mol. The minimum Gasteiger partial charge on any atom is -0.396 e. The fourth-order valence-corrected chi connectivity index (χ4v) is 2.03. The number of aromatic nitrogens is 2. The van der Waals surface area contributed by atoms with Crippen molar-refractivity contribution < 1.29 is 9.90 Å². The van der Waals surface area contributed by atoms with E-state index in [0.29, 0.717) is 25.3 Å². The van der Waals surface area contributed by atoms with Gasteiger partial charge >= 0.3 is 0 Å². The van der Waals surface area contributed by atoms with Crippen LogP contribution in [-0.4, -0.2) is 58.9 Å². The minimum atomic E-state index is -0.117. The van der Waals surface area contributed by atoms with E-state index < -0.39 is 0 Å². The predicted molar refractivity (Wildman–Crippen MR) is 65.8 cm³/mol. The summed E-state index contributed by atoms with van der Waals surface area (Å²) in [5, 5.41) is 19.1. The quantitative estimate of drug-likeness (QED) is 0.525. The Bertz CT molecular complexity index is 406. The van der Waals surface area contributed by atoms with Gasteiger partial charge in [-0.15, -0.1) is 0 Å². The highest BCUT2D eigenvalue weighted by Gasteiger charge is 2.23. The van der Waals surface area contributed by atoms with Gasteiger partial charge in [-0.1, -0.05) is 0 Å². The molecule has 2 heterocycles. The van der Waals surface area contributed by atoms with E-state index in [9.17, 15) is 9.90 Å². The van der Waals surface area contributed by atoms with Crippen LogP contribution in [0.2, 0.25) is 0 Å². The molecule has 1 aromatic rings. The number of nitrogens with zero attached hydrogens (tertiary/aromatic N) is 2. The SMILES string of the molecule is NCc1cc(C(=O)N2CCNCC(CO)C2)n[nH]1. The Morgan fingerprint density at radius 3 is 3.17 bits per heavy atom. The van der Waals surface area contributed by atoms with E-state index in [1.165, 1.54) is 0 Å². The maximum Gasteiger partial charge on any atom is 0.274 e. The third-order valence-electron chi connectivity index (χ3n) is 3.09.